The van der Waals surface area contributed by atoms with Crippen molar-refractivity contribution in [3.8, 4) is 0 Å². The van der Waals surface area contributed by atoms with E-state index in [0.717, 1.165) is 22.4 Å². The van der Waals surface area contributed by atoms with Gasteiger partial charge < -0.3 is 4.90 Å². The van der Waals surface area contributed by atoms with E-state index in [-0.39, 0.29) is 5.91 Å². The molecule has 0 spiro atoms. The Morgan fingerprint density at radius 2 is 1.80 bits per heavy atom. The van der Waals surface area contributed by atoms with Crippen LogP contribution < -0.4 is 9.80 Å². The monoisotopic (exact) mass is 353 g/mol. The summed E-state index contributed by atoms with van der Waals surface area (Å²) in [4.78, 5) is 21.3. The molecule has 0 fully saturated rings. The van der Waals surface area contributed by atoms with Crippen molar-refractivity contribution in [1.29, 1.82) is 0 Å². The first-order valence-corrected chi connectivity index (χ1v) is 9.33. The molecule has 0 saturated carbocycles. The van der Waals surface area contributed by atoms with E-state index in [1.165, 1.54) is 11.3 Å². The highest BCUT2D eigenvalue weighted by atomic mass is 32.1. The van der Waals surface area contributed by atoms with Crippen LogP contribution in [0, 0.1) is 0 Å². The minimum atomic E-state index is -0.0433. The molecule has 3 aromatic rings. The first-order chi connectivity index (χ1) is 12.0. The maximum absolute atomic E-state index is 12.8. The average molecular weight is 353 g/mol. The van der Waals surface area contributed by atoms with Gasteiger partial charge in [-0.1, -0.05) is 23.5 Å². The summed E-state index contributed by atoms with van der Waals surface area (Å²) in [6.07, 6.45) is 0. The number of thiazole rings is 1. The van der Waals surface area contributed by atoms with Gasteiger partial charge in [0.15, 0.2) is 5.13 Å². The molecule has 25 heavy (non-hydrogen) atoms. The predicted octanol–water partition coefficient (Wildman–Crippen LogP) is 4.81. The molecule has 0 radical (unpaired) electrons. The van der Waals surface area contributed by atoms with Crippen molar-refractivity contribution in [2.24, 2.45) is 0 Å². The van der Waals surface area contributed by atoms with E-state index >= 15 is 0 Å². The second-order valence-electron chi connectivity index (χ2n) is 6.25. The molecule has 0 bridgehead atoms. The number of para-hydroxylation sites is 1. The molecule has 1 heterocycles. The zero-order chi connectivity index (χ0) is 18.0. The first-order valence-electron chi connectivity index (χ1n) is 8.51. The minimum Gasteiger partial charge on any atom is -0.369 e. The van der Waals surface area contributed by atoms with Crippen molar-refractivity contribution >= 4 is 38.3 Å². The standard InChI is InChI=1S/C20H23N3OS/c1-5-23(14(2)3)16-12-10-15(11-13-16)19(24)22(4)20-21-17-8-6-7-9-18(17)25-20/h6-14H,5H2,1-4H3. The van der Waals surface area contributed by atoms with E-state index < -0.39 is 0 Å². The largest absolute Gasteiger partial charge is 0.369 e. The van der Waals surface area contributed by atoms with Gasteiger partial charge in [-0.15, -0.1) is 0 Å². The van der Waals surface area contributed by atoms with E-state index in [1.807, 2.05) is 48.5 Å². The van der Waals surface area contributed by atoms with Crippen molar-refractivity contribution < 1.29 is 4.79 Å². The van der Waals surface area contributed by atoms with Gasteiger partial charge in [0.25, 0.3) is 5.91 Å². The lowest BCUT2D eigenvalue weighted by molar-refractivity contribution is 0.0993. The highest BCUT2D eigenvalue weighted by Crippen LogP contribution is 2.29. The molecule has 1 amide bonds. The minimum absolute atomic E-state index is 0.0433. The molecule has 0 aliphatic rings. The normalized spacial score (nSPS) is 11.1. The van der Waals surface area contributed by atoms with E-state index in [1.54, 1.807) is 11.9 Å². The third kappa shape index (κ3) is 3.51. The van der Waals surface area contributed by atoms with Crippen molar-refractivity contribution in [3.63, 3.8) is 0 Å². The van der Waals surface area contributed by atoms with Crippen molar-refractivity contribution in [3.05, 3.63) is 54.1 Å². The molecular weight excluding hydrogens is 330 g/mol. The quantitative estimate of drug-likeness (QED) is 0.660. The van der Waals surface area contributed by atoms with Crippen LogP contribution in [-0.2, 0) is 0 Å². The Hall–Kier alpha value is -2.40. The molecule has 0 N–H and O–H groups in total. The maximum atomic E-state index is 12.8. The molecule has 1 aromatic heterocycles. The van der Waals surface area contributed by atoms with Gasteiger partial charge >= 0.3 is 0 Å². The Labute approximate surface area is 152 Å². The summed E-state index contributed by atoms with van der Waals surface area (Å²) in [5.74, 6) is -0.0433. The van der Waals surface area contributed by atoms with Crippen molar-refractivity contribution in [1.82, 2.24) is 4.98 Å². The number of carbonyl (C=O) groups excluding carboxylic acids is 1. The van der Waals surface area contributed by atoms with Crippen LogP contribution >= 0.6 is 11.3 Å². The zero-order valence-electron chi connectivity index (χ0n) is 15.1. The summed E-state index contributed by atoms with van der Waals surface area (Å²) in [6, 6.07) is 16.2. The number of carbonyl (C=O) groups is 1. The fourth-order valence-electron chi connectivity index (χ4n) is 2.93. The molecule has 2 aromatic carbocycles. The Balaban J connectivity index is 1.82. The number of benzene rings is 2. The first kappa shape index (κ1) is 17.4. The van der Waals surface area contributed by atoms with Crippen LogP contribution in [-0.4, -0.2) is 30.5 Å². The Bertz CT molecular complexity index is 837. The van der Waals surface area contributed by atoms with Crippen LogP contribution in [0.15, 0.2) is 48.5 Å². The summed E-state index contributed by atoms with van der Waals surface area (Å²) in [6.45, 7) is 7.42. The lowest BCUT2D eigenvalue weighted by Gasteiger charge is -2.27. The van der Waals surface area contributed by atoms with E-state index in [4.69, 9.17) is 0 Å². The number of nitrogens with zero attached hydrogens (tertiary/aromatic N) is 3. The van der Waals surface area contributed by atoms with E-state index in [0.29, 0.717) is 16.7 Å². The van der Waals surface area contributed by atoms with E-state index in [9.17, 15) is 4.79 Å². The third-order valence-corrected chi connectivity index (χ3v) is 5.40. The molecule has 0 atom stereocenters. The summed E-state index contributed by atoms with van der Waals surface area (Å²) < 4.78 is 1.09. The number of hydrogen-bond donors (Lipinski definition) is 0. The van der Waals surface area contributed by atoms with Gasteiger partial charge in [-0.05, 0) is 57.2 Å². The molecule has 0 aliphatic heterocycles. The second kappa shape index (κ2) is 7.23. The third-order valence-electron chi connectivity index (χ3n) is 4.28. The smallest absolute Gasteiger partial charge is 0.259 e. The molecular formula is C20H23N3OS. The van der Waals surface area contributed by atoms with Gasteiger partial charge in [0, 0.05) is 30.9 Å². The summed E-state index contributed by atoms with van der Waals surface area (Å²) >= 11 is 1.53. The van der Waals surface area contributed by atoms with Gasteiger partial charge in [0.1, 0.15) is 0 Å². The number of anilines is 2. The second-order valence-corrected chi connectivity index (χ2v) is 7.26. The van der Waals surface area contributed by atoms with Crippen LogP contribution in [0.25, 0.3) is 10.2 Å². The van der Waals surface area contributed by atoms with Gasteiger partial charge in [-0.2, -0.15) is 0 Å². The van der Waals surface area contributed by atoms with Gasteiger partial charge in [-0.3, -0.25) is 9.69 Å². The Kier molecular flexibility index (Phi) is 5.04. The average Bonchev–Trinajstić information content (AvgIpc) is 3.05. The highest BCUT2D eigenvalue weighted by Gasteiger charge is 2.17. The number of rotatable bonds is 5. The van der Waals surface area contributed by atoms with Gasteiger partial charge in [0.05, 0.1) is 10.2 Å². The lowest BCUT2D eigenvalue weighted by Crippen LogP contribution is -2.30. The molecule has 5 heteroatoms. The number of aromatic nitrogens is 1. The summed E-state index contributed by atoms with van der Waals surface area (Å²) in [5.41, 5.74) is 2.73. The van der Waals surface area contributed by atoms with Gasteiger partial charge in [0.2, 0.25) is 0 Å². The zero-order valence-corrected chi connectivity index (χ0v) is 15.9. The topological polar surface area (TPSA) is 36.4 Å². The highest BCUT2D eigenvalue weighted by molar-refractivity contribution is 7.22. The number of hydrogen-bond acceptors (Lipinski definition) is 4. The Morgan fingerprint density at radius 3 is 2.40 bits per heavy atom. The van der Waals surface area contributed by atoms with Gasteiger partial charge in [-0.25, -0.2) is 4.98 Å². The number of amides is 1. The van der Waals surface area contributed by atoms with Crippen molar-refractivity contribution in [2.45, 2.75) is 26.8 Å². The van der Waals surface area contributed by atoms with Crippen LogP contribution in [0.4, 0.5) is 10.8 Å². The van der Waals surface area contributed by atoms with Crippen LogP contribution in [0.1, 0.15) is 31.1 Å². The molecule has 4 nitrogen and oxygen atoms in total. The lowest BCUT2D eigenvalue weighted by atomic mass is 10.1. The maximum Gasteiger partial charge on any atom is 0.259 e. The molecule has 0 saturated heterocycles. The van der Waals surface area contributed by atoms with Crippen LogP contribution in [0.3, 0.4) is 0 Å². The van der Waals surface area contributed by atoms with Crippen LogP contribution in [0.5, 0.6) is 0 Å². The molecule has 3 rings (SSSR count). The summed E-state index contributed by atoms with van der Waals surface area (Å²) in [5, 5.41) is 0.715. The molecule has 0 aliphatic carbocycles. The summed E-state index contributed by atoms with van der Waals surface area (Å²) in [7, 11) is 1.78. The fourth-order valence-corrected chi connectivity index (χ4v) is 3.85. The fraction of sp³-hybridized carbons (Fsp3) is 0.300. The van der Waals surface area contributed by atoms with E-state index in [2.05, 4.69) is 30.7 Å². The SMILES string of the molecule is CCN(c1ccc(C(=O)N(C)c2nc3ccccc3s2)cc1)C(C)C. The van der Waals surface area contributed by atoms with Crippen LogP contribution in [0.2, 0.25) is 0 Å². The molecule has 130 valence electrons. The Morgan fingerprint density at radius 1 is 1.12 bits per heavy atom. The molecule has 0 unspecified atom stereocenters. The number of fused-ring (bicyclic) bond motifs is 1. The van der Waals surface area contributed by atoms with Crippen molar-refractivity contribution in [2.75, 3.05) is 23.4 Å². The predicted molar refractivity (Wildman–Crippen MR) is 107 cm³/mol.